The molecule has 0 spiro atoms. The molecule has 3 aromatic rings. The molecule has 0 fully saturated rings. The zero-order valence-corrected chi connectivity index (χ0v) is 13.1. The SMILES string of the molecule is Cc1cc(Oc2ncnc(Nc3nccs3)c2N)ccc1Cl. The van der Waals surface area contributed by atoms with Crippen LogP contribution in [0, 0.1) is 6.92 Å². The van der Waals surface area contributed by atoms with Crippen LogP contribution in [0.4, 0.5) is 16.6 Å². The summed E-state index contributed by atoms with van der Waals surface area (Å²) in [6.07, 6.45) is 3.07. The normalized spacial score (nSPS) is 10.5. The van der Waals surface area contributed by atoms with E-state index in [1.807, 2.05) is 18.4 Å². The number of anilines is 3. The summed E-state index contributed by atoms with van der Waals surface area (Å²) in [6, 6.07) is 5.33. The quantitative estimate of drug-likeness (QED) is 0.750. The zero-order chi connectivity index (χ0) is 15.5. The molecular weight excluding hydrogens is 322 g/mol. The summed E-state index contributed by atoms with van der Waals surface area (Å²) in [6.45, 7) is 1.90. The van der Waals surface area contributed by atoms with Gasteiger partial charge in [-0.05, 0) is 30.7 Å². The molecule has 0 unspecified atom stereocenters. The lowest BCUT2D eigenvalue weighted by molar-refractivity contribution is 0.464. The Morgan fingerprint density at radius 1 is 1.27 bits per heavy atom. The van der Waals surface area contributed by atoms with E-state index in [0.29, 0.717) is 27.4 Å². The maximum Gasteiger partial charge on any atom is 0.248 e. The molecule has 0 saturated carbocycles. The number of hydrogen-bond donors (Lipinski definition) is 2. The van der Waals surface area contributed by atoms with Crippen molar-refractivity contribution >= 4 is 39.6 Å². The highest BCUT2D eigenvalue weighted by atomic mass is 35.5. The van der Waals surface area contributed by atoms with E-state index >= 15 is 0 Å². The van der Waals surface area contributed by atoms with Crippen LogP contribution in [0.5, 0.6) is 11.6 Å². The van der Waals surface area contributed by atoms with Gasteiger partial charge in [0, 0.05) is 16.6 Å². The Hall–Kier alpha value is -2.38. The molecule has 22 heavy (non-hydrogen) atoms. The second kappa shape index (κ2) is 6.17. The predicted octanol–water partition coefficient (Wildman–Crippen LogP) is 4.01. The number of halogens is 1. The van der Waals surface area contributed by atoms with Crippen LogP contribution in [0.25, 0.3) is 0 Å². The van der Waals surface area contributed by atoms with Crippen LogP contribution >= 0.6 is 22.9 Å². The summed E-state index contributed by atoms with van der Waals surface area (Å²) in [4.78, 5) is 12.3. The molecule has 3 rings (SSSR count). The Morgan fingerprint density at radius 2 is 2.14 bits per heavy atom. The van der Waals surface area contributed by atoms with Crippen molar-refractivity contribution in [2.24, 2.45) is 0 Å². The number of aromatic nitrogens is 3. The molecule has 1 aromatic carbocycles. The molecule has 2 heterocycles. The number of hydrogen-bond acceptors (Lipinski definition) is 7. The minimum absolute atomic E-state index is 0.274. The highest BCUT2D eigenvalue weighted by molar-refractivity contribution is 7.13. The predicted molar refractivity (Wildman–Crippen MR) is 88.1 cm³/mol. The number of rotatable bonds is 4. The summed E-state index contributed by atoms with van der Waals surface area (Å²) >= 11 is 7.44. The second-order valence-corrected chi connectivity index (χ2v) is 5.72. The third-order valence-electron chi connectivity index (χ3n) is 2.85. The Balaban J connectivity index is 1.86. The number of nitrogen functional groups attached to an aromatic ring is 1. The van der Waals surface area contributed by atoms with Crippen molar-refractivity contribution in [2.45, 2.75) is 6.92 Å². The van der Waals surface area contributed by atoms with Crippen LogP contribution in [0.2, 0.25) is 5.02 Å². The molecule has 0 bridgehead atoms. The van der Waals surface area contributed by atoms with Crippen LogP contribution in [0.3, 0.4) is 0 Å². The van der Waals surface area contributed by atoms with Crippen molar-refractivity contribution in [1.29, 1.82) is 0 Å². The van der Waals surface area contributed by atoms with E-state index in [2.05, 4.69) is 20.3 Å². The lowest BCUT2D eigenvalue weighted by Gasteiger charge is -2.11. The largest absolute Gasteiger partial charge is 0.437 e. The number of aryl methyl sites for hydroxylation is 1. The van der Waals surface area contributed by atoms with Crippen molar-refractivity contribution in [2.75, 3.05) is 11.1 Å². The van der Waals surface area contributed by atoms with Gasteiger partial charge in [0.1, 0.15) is 17.8 Å². The van der Waals surface area contributed by atoms with Crippen LogP contribution in [0.1, 0.15) is 5.56 Å². The standard InChI is InChI=1S/C14H12ClN5OS/c1-8-6-9(2-3-10(8)15)21-13-11(16)12(18-7-19-13)20-14-17-4-5-22-14/h2-7H,16H2,1H3,(H,17,18,19,20). The number of benzene rings is 1. The fourth-order valence-corrected chi connectivity index (χ4v) is 2.38. The third kappa shape index (κ3) is 3.10. The van der Waals surface area contributed by atoms with E-state index in [-0.39, 0.29) is 5.88 Å². The van der Waals surface area contributed by atoms with Gasteiger partial charge in [-0.25, -0.2) is 9.97 Å². The first-order valence-electron chi connectivity index (χ1n) is 6.34. The number of nitrogens with zero attached hydrogens (tertiary/aromatic N) is 3. The average molecular weight is 334 g/mol. The third-order valence-corrected chi connectivity index (χ3v) is 3.96. The van der Waals surface area contributed by atoms with Crippen molar-refractivity contribution in [3.8, 4) is 11.6 Å². The first kappa shape index (κ1) is 14.6. The number of thiazole rings is 1. The molecule has 0 atom stereocenters. The minimum atomic E-state index is 0.274. The van der Waals surface area contributed by atoms with E-state index < -0.39 is 0 Å². The lowest BCUT2D eigenvalue weighted by Crippen LogP contribution is -2.03. The molecule has 0 aliphatic carbocycles. The summed E-state index contributed by atoms with van der Waals surface area (Å²) in [7, 11) is 0. The van der Waals surface area contributed by atoms with Crippen molar-refractivity contribution in [1.82, 2.24) is 15.0 Å². The highest BCUT2D eigenvalue weighted by Gasteiger charge is 2.12. The maximum atomic E-state index is 6.05. The Kier molecular flexibility index (Phi) is 4.08. The fourth-order valence-electron chi connectivity index (χ4n) is 1.74. The molecule has 0 radical (unpaired) electrons. The number of nitrogens with one attached hydrogen (secondary N) is 1. The number of ether oxygens (including phenoxy) is 1. The van der Waals surface area contributed by atoms with Gasteiger partial charge in [-0.15, -0.1) is 11.3 Å². The smallest absolute Gasteiger partial charge is 0.248 e. The number of nitrogens with two attached hydrogens (primary N) is 1. The molecule has 0 amide bonds. The lowest BCUT2D eigenvalue weighted by atomic mass is 10.2. The summed E-state index contributed by atoms with van der Waals surface area (Å²) in [5, 5.41) is 6.25. The molecule has 112 valence electrons. The van der Waals surface area contributed by atoms with E-state index in [1.165, 1.54) is 17.7 Å². The van der Waals surface area contributed by atoms with Crippen molar-refractivity contribution in [3.63, 3.8) is 0 Å². The Labute approximate surface area is 136 Å². The van der Waals surface area contributed by atoms with E-state index in [1.54, 1.807) is 18.3 Å². The van der Waals surface area contributed by atoms with Crippen LogP contribution < -0.4 is 15.8 Å². The molecule has 8 heteroatoms. The van der Waals surface area contributed by atoms with E-state index in [0.717, 1.165) is 5.56 Å². The molecule has 0 aliphatic rings. The first-order chi connectivity index (χ1) is 10.6. The first-order valence-corrected chi connectivity index (χ1v) is 7.60. The van der Waals surface area contributed by atoms with Gasteiger partial charge >= 0.3 is 0 Å². The maximum absolute atomic E-state index is 6.05. The van der Waals surface area contributed by atoms with Gasteiger partial charge in [-0.1, -0.05) is 11.6 Å². The molecule has 0 aliphatic heterocycles. The van der Waals surface area contributed by atoms with Gasteiger partial charge in [0.25, 0.3) is 0 Å². The van der Waals surface area contributed by atoms with Gasteiger partial charge in [-0.3, -0.25) is 0 Å². The monoisotopic (exact) mass is 333 g/mol. The Bertz CT molecular complexity index is 794. The molecule has 0 saturated heterocycles. The van der Waals surface area contributed by atoms with Gasteiger partial charge < -0.3 is 15.8 Å². The fraction of sp³-hybridized carbons (Fsp3) is 0.0714. The average Bonchev–Trinajstić information content (AvgIpc) is 3.00. The van der Waals surface area contributed by atoms with E-state index in [4.69, 9.17) is 22.1 Å². The minimum Gasteiger partial charge on any atom is -0.437 e. The van der Waals surface area contributed by atoms with Crippen LogP contribution in [0.15, 0.2) is 36.1 Å². The molecular formula is C14H12ClN5OS. The van der Waals surface area contributed by atoms with Crippen molar-refractivity contribution < 1.29 is 4.74 Å². The van der Waals surface area contributed by atoms with E-state index in [9.17, 15) is 0 Å². The van der Waals surface area contributed by atoms with Gasteiger partial charge in [0.05, 0.1) is 0 Å². The van der Waals surface area contributed by atoms with Gasteiger partial charge in [-0.2, -0.15) is 4.98 Å². The highest BCUT2D eigenvalue weighted by Crippen LogP contribution is 2.32. The molecule has 3 N–H and O–H groups in total. The topological polar surface area (TPSA) is 86.0 Å². The molecule has 2 aromatic heterocycles. The Morgan fingerprint density at radius 3 is 2.86 bits per heavy atom. The zero-order valence-electron chi connectivity index (χ0n) is 11.6. The van der Waals surface area contributed by atoms with Crippen LogP contribution in [-0.2, 0) is 0 Å². The summed E-state index contributed by atoms with van der Waals surface area (Å²) in [5.41, 5.74) is 7.27. The second-order valence-electron chi connectivity index (χ2n) is 4.42. The van der Waals surface area contributed by atoms with Gasteiger partial charge in [0.2, 0.25) is 5.88 Å². The van der Waals surface area contributed by atoms with Crippen molar-refractivity contribution in [3.05, 3.63) is 46.7 Å². The molecule has 6 nitrogen and oxygen atoms in total. The van der Waals surface area contributed by atoms with Crippen LogP contribution in [-0.4, -0.2) is 15.0 Å². The summed E-state index contributed by atoms with van der Waals surface area (Å²) < 4.78 is 5.71. The van der Waals surface area contributed by atoms with Gasteiger partial charge in [0.15, 0.2) is 10.9 Å². The summed E-state index contributed by atoms with van der Waals surface area (Å²) in [5.74, 6) is 1.33.